The van der Waals surface area contributed by atoms with Crippen molar-refractivity contribution < 1.29 is 12.4 Å². The fraction of sp³-hybridized carbons (Fsp3) is 0.704. The first-order chi connectivity index (χ1) is 16.3. The lowest BCUT2D eigenvalue weighted by Gasteiger charge is -2.51. The van der Waals surface area contributed by atoms with Crippen molar-refractivity contribution in [1.29, 1.82) is 0 Å². The molecule has 3 heterocycles. The topological polar surface area (TPSA) is 59.1 Å². The smallest absolute Gasteiger partial charge is 0.319 e. The van der Waals surface area contributed by atoms with Crippen LogP contribution in [0.25, 0.3) is 0 Å². The minimum absolute atomic E-state index is 0. The predicted molar refractivity (Wildman–Crippen MR) is 138 cm³/mol. The summed E-state index contributed by atoms with van der Waals surface area (Å²) in [5.41, 5.74) is 3.00. The fourth-order valence-electron chi connectivity index (χ4n) is 7.25. The molecule has 1 N–H and O–H groups in total. The monoisotopic (exact) mass is 471 g/mol. The molecule has 0 saturated carbocycles. The van der Waals surface area contributed by atoms with Gasteiger partial charge in [0.25, 0.3) is 0 Å². The number of hydrogen-bond donors (Lipinski definition) is 1. The predicted octanol–water partition coefficient (Wildman–Crippen LogP) is 4.30. The van der Waals surface area contributed by atoms with Crippen LogP contribution in [0.1, 0.15) is 71.4 Å². The van der Waals surface area contributed by atoms with Crippen molar-refractivity contribution in [3.8, 4) is 0 Å². The van der Waals surface area contributed by atoms with Crippen molar-refractivity contribution in [2.75, 3.05) is 41.3 Å². The minimum atomic E-state index is -0.0145. The van der Waals surface area contributed by atoms with E-state index < -0.39 is 0 Å². The molecule has 3 atom stereocenters. The zero-order valence-corrected chi connectivity index (χ0v) is 21.3. The van der Waals surface area contributed by atoms with Crippen molar-refractivity contribution in [1.82, 2.24) is 24.9 Å². The number of hydrogen-bond acceptors (Lipinski definition) is 3. The van der Waals surface area contributed by atoms with E-state index in [1.54, 1.807) is 23.9 Å². The molecule has 7 heteroatoms. The first-order valence-electron chi connectivity index (χ1n) is 13.1. The summed E-state index contributed by atoms with van der Waals surface area (Å²) in [6.07, 6.45) is 9.08. The average molecular weight is 472 g/mol. The van der Waals surface area contributed by atoms with Gasteiger partial charge in [-0.05, 0) is 81.0 Å². The second-order valence-corrected chi connectivity index (χ2v) is 11.4. The average Bonchev–Trinajstić information content (AvgIpc) is 3.09. The number of fused-ring (bicyclic) bond motifs is 4. The van der Waals surface area contributed by atoms with Crippen molar-refractivity contribution >= 4 is 12.1 Å². The second kappa shape index (κ2) is 9.06. The molecular weight excluding hydrogens is 426 g/mol. The number of nitrogens with one attached hydrogen (secondary N) is 1. The van der Waals surface area contributed by atoms with Crippen molar-refractivity contribution in [2.45, 2.75) is 80.9 Å². The van der Waals surface area contributed by atoms with E-state index in [4.69, 9.17) is 0 Å². The van der Waals surface area contributed by atoms with Crippen LogP contribution in [-0.2, 0) is 5.41 Å². The van der Waals surface area contributed by atoms with E-state index in [1.807, 2.05) is 14.1 Å². The molecule has 2 bridgehead atoms. The van der Waals surface area contributed by atoms with Gasteiger partial charge in [-0.15, -0.1) is 0 Å². The minimum Gasteiger partial charge on any atom is -0.331 e. The fourth-order valence-corrected chi connectivity index (χ4v) is 7.25. The Morgan fingerprint density at radius 1 is 0.912 bits per heavy atom. The highest BCUT2D eigenvalue weighted by Crippen LogP contribution is 2.49. The van der Waals surface area contributed by atoms with E-state index in [9.17, 15) is 9.59 Å². The van der Waals surface area contributed by atoms with E-state index in [2.05, 4.69) is 39.4 Å². The lowest BCUT2D eigenvalue weighted by Crippen LogP contribution is -2.57. The summed E-state index contributed by atoms with van der Waals surface area (Å²) >= 11 is 0. The van der Waals surface area contributed by atoms with Gasteiger partial charge in [-0.1, -0.05) is 24.3 Å². The molecule has 3 saturated heterocycles. The number of benzene rings is 1. The standard InChI is InChI=1S/C27H41N5O2.2H2/c1-29(2)25(33)28-24-11-12-27(23-8-6-5-7-22(23)24)13-15-31(16-14-27)21-17-19-9-10-20(18-21)32(19)26(34)30(3)4;;/h5-8,19-21,24H,9-18H2,1-4H3,(H,28,33);2*1H/t19?,20?,21?,24-;;/m1../s1. The maximum Gasteiger partial charge on any atom is 0.319 e. The molecule has 1 spiro atoms. The summed E-state index contributed by atoms with van der Waals surface area (Å²) < 4.78 is 0. The molecular formula is C27H45N5O2. The number of carbonyl (C=O) groups is 2. The quantitative estimate of drug-likeness (QED) is 0.700. The molecule has 4 aliphatic rings. The van der Waals surface area contributed by atoms with Crippen LogP contribution in [0.4, 0.5) is 9.59 Å². The van der Waals surface area contributed by atoms with E-state index >= 15 is 0 Å². The SMILES string of the molecule is CN(C)C(=O)N[C@@H]1CCC2(CCN(C3CC4CCC(C3)N4C(=O)N(C)C)CC2)c2ccccc21.[HH].[HH]. The van der Waals surface area contributed by atoms with E-state index in [1.165, 1.54) is 24.0 Å². The van der Waals surface area contributed by atoms with Crippen LogP contribution in [0.15, 0.2) is 24.3 Å². The zero-order valence-electron chi connectivity index (χ0n) is 21.3. The Morgan fingerprint density at radius 3 is 2.18 bits per heavy atom. The Balaban J connectivity index is 0.00000180. The van der Waals surface area contributed by atoms with Gasteiger partial charge in [-0.2, -0.15) is 0 Å². The van der Waals surface area contributed by atoms with Crippen molar-refractivity contribution in [3.05, 3.63) is 35.4 Å². The van der Waals surface area contributed by atoms with Gasteiger partial charge in [-0.3, -0.25) is 0 Å². The molecule has 190 valence electrons. The third-order valence-electron chi connectivity index (χ3n) is 9.11. The zero-order chi connectivity index (χ0) is 24.0. The summed E-state index contributed by atoms with van der Waals surface area (Å²) in [4.78, 5) is 33.3. The van der Waals surface area contributed by atoms with Crippen molar-refractivity contribution in [3.63, 3.8) is 0 Å². The van der Waals surface area contributed by atoms with Crippen LogP contribution in [0.3, 0.4) is 0 Å². The van der Waals surface area contributed by atoms with Crippen LogP contribution in [-0.4, -0.2) is 91.1 Å². The van der Waals surface area contributed by atoms with Gasteiger partial charge >= 0.3 is 12.1 Å². The Morgan fingerprint density at radius 2 is 1.56 bits per heavy atom. The Bertz CT molecular complexity index is 920. The van der Waals surface area contributed by atoms with E-state index in [0.29, 0.717) is 18.1 Å². The molecule has 0 radical (unpaired) electrons. The number of carbonyl (C=O) groups excluding carboxylic acids is 2. The Kier molecular flexibility index (Phi) is 6.25. The molecule has 34 heavy (non-hydrogen) atoms. The highest BCUT2D eigenvalue weighted by atomic mass is 16.2. The second-order valence-electron chi connectivity index (χ2n) is 11.4. The summed E-state index contributed by atoms with van der Waals surface area (Å²) in [7, 11) is 7.34. The van der Waals surface area contributed by atoms with Gasteiger partial charge in [0.1, 0.15) is 0 Å². The molecule has 3 fully saturated rings. The first kappa shape index (κ1) is 23.5. The van der Waals surface area contributed by atoms with Crippen LogP contribution >= 0.6 is 0 Å². The van der Waals surface area contributed by atoms with Gasteiger partial charge in [0.2, 0.25) is 0 Å². The summed E-state index contributed by atoms with van der Waals surface area (Å²) in [5, 5.41) is 3.24. The van der Waals surface area contributed by atoms with Crippen LogP contribution < -0.4 is 5.32 Å². The van der Waals surface area contributed by atoms with Crippen LogP contribution in [0, 0.1) is 0 Å². The number of nitrogens with zero attached hydrogens (tertiary/aromatic N) is 4. The Hall–Kier alpha value is -2.28. The maximum absolute atomic E-state index is 12.7. The summed E-state index contributed by atoms with van der Waals surface area (Å²) in [6.45, 7) is 2.27. The van der Waals surface area contributed by atoms with E-state index in [0.717, 1.165) is 51.6 Å². The highest BCUT2D eigenvalue weighted by molar-refractivity contribution is 5.75. The molecule has 3 aliphatic heterocycles. The highest BCUT2D eigenvalue weighted by Gasteiger charge is 2.48. The summed E-state index contributed by atoms with van der Waals surface area (Å²) in [5.74, 6) is 0. The van der Waals surface area contributed by atoms with Crippen LogP contribution in [0.2, 0.25) is 0 Å². The van der Waals surface area contributed by atoms with Gasteiger partial charge in [-0.25, -0.2) is 9.59 Å². The van der Waals surface area contributed by atoms with E-state index in [-0.39, 0.29) is 26.4 Å². The molecule has 1 aromatic rings. The molecule has 2 unspecified atom stereocenters. The van der Waals surface area contributed by atoms with Crippen LogP contribution in [0.5, 0.6) is 0 Å². The number of piperidine rings is 2. The van der Waals surface area contributed by atoms with Gasteiger partial charge < -0.3 is 24.9 Å². The molecule has 4 amide bonds. The molecule has 1 aliphatic carbocycles. The Labute approximate surface area is 207 Å². The lowest BCUT2D eigenvalue weighted by atomic mass is 9.63. The van der Waals surface area contributed by atoms with Crippen molar-refractivity contribution in [2.24, 2.45) is 0 Å². The molecule has 7 nitrogen and oxygen atoms in total. The molecule has 1 aromatic carbocycles. The van der Waals surface area contributed by atoms with Gasteiger partial charge in [0.15, 0.2) is 0 Å². The number of urea groups is 2. The van der Waals surface area contributed by atoms with Gasteiger partial charge in [0.05, 0.1) is 6.04 Å². The summed E-state index contributed by atoms with van der Waals surface area (Å²) in [6, 6.07) is 10.5. The largest absolute Gasteiger partial charge is 0.331 e. The third-order valence-corrected chi connectivity index (χ3v) is 9.11. The maximum atomic E-state index is 12.7. The van der Waals surface area contributed by atoms with Gasteiger partial charge in [0, 0.05) is 49.2 Å². The number of rotatable bonds is 2. The first-order valence-corrected chi connectivity index (χ1v) is 13.1. The number of likely N-dealkylation sites (tertiary alicyclic amines) is 1. The third kappa shape index (κ3) is 4.06. The normalized spacial score (nSPS) is 30.1. The molecule has 0 aromatic heterocycles. The lowest BCUT2D eigenvalue weighted by molar-refractivity contribution is 0.0400. The molecule has 5 rings (SSSR count). The number of amides is 4.